The molecule has 0 aliphatic carbocycles. The fourth-order valence-electron chi connectivity index (χ4n) is 3.90. The van der Waals surface area contributed by atoms with E-state index in [9.17, 15) is 19.1 Å². The molecule has 0 saturated carbocycles. The number of carbonyl (C=O) groups excluding carboxylic acids is 2. The van der Waals surface area contributed by atoms with Crippen molar-refractivity contribution in [2.24, 2.45) is 0 Å². The molecule has 32 heavy (non-hydrogen) atoms. The molecule has 3 aromatic carbocycles. The van der Waals surface area contributed by atoms with E-state index in [1.807, 2.05) is 30.3 Å². The number of methoxy groups -OCH3 is 1. The van der Waals surface area contributed by atoms with Gasteiger partial charge in [0.05, 0.1) is 18.7 Å². The van der Waals surface area contributed by atoms with Crippen molar-refractivity contribution in [3.05, 3.63) is 107 Å². The number of aliphatic hydroxyl groups excluding tert-OH is 1. The molecule has 162 valence electrons. The first kappa shape index (κ1) is 21.3. The van der Waals surface area contributed by atoms with E-state index in [1.165, 1.54) is 29.2 Å². The van der Waals surface area contributed by atoms with Crippen LogP contribution in [0.4, 0.5) is 10.1 Å². The van der Waals surface area contributed by atoms with Crippen LogP contribution in [0.3, 0.4) is 0 Å². The lowest BCUT2D eigenvalue weighted by atomic mass is 9.93. The third-order valence-electron chi connectivity index (χ3n) is 5.53. The molecule has 1 atom stereocenters. The van der Waals surface area contributed by atoms with E-state index < -0.39 is 23.5 Å². The summed E-state index contributed by atoms with van der Waals surface area (Å²) >= 11 is 0. The first-order chi connectivity index (χ1) is 15.5. The lowest BCUT2D eigenvalue weighted by Gasteiger charge is -2.27. The first-order valence-electron chi connectivity index (χ1n) is 10.2. The van der Waals surface area contributed by atoms with Gasteiger partial charge in [0.2, 0.25) is 0 Å². The summed E-state index contributed by atoms with van der Waals surface area (Å²) < 4.78 is 18.7. The number of carbonyl (C=O) groups is 2. The summed E-state index contributed by atoms with van der Waals surface area (Å²) in [5.41, 5.74) is 2.05. The number of benzene rings is 3. The second-order valence-corrected chi connectivity index (χ2v) is 7.50. The zero-order valence-electron chi connectivity index (χ0n) is 17.5. The first-order valence-corrected chi connectivity index (χ1v) is 10.2. The molecule has 0 radical (unpaired) electrons. The number of anilines is 1. The van der Waals surface area contributed by atoms with Gasteiger partial charge in [-0.05, 0) is 53.9 Å². The summed E-state index contributed by atoms with van der Waals surface area (Å²) in [6.45, 7) is 0. The highest BCUT2D eigenvalue weighted by Gasteiger charge is 2.44. The van der Waals surface area contributed by atoms with Crippen LogP contribution in [0.15, 0.2) is 90.2 Å². The molecule has 0 bridgehead atoms. The van der Waals surface area contributed by atoms with Gasteiger partial charge in [0.15, 0.2) is 11.5 Å². The fourth-order valence-corrected chi connectivity index (χ4v) is 3.90. The molecule has 1 unspecified atom stereocenters. The highest BCUT2D eigenvalue weighted by Crippen LogP contribution is 2.41. The van der Waals surface area contributed by atoms with Gasteiger partial charge in [0, 0.05) is 12.1 Å². The Labute approximate surface area is 185 Å². The van der Waals surface area contributed by atoms with Crippen molar-refractivity contribution in [1.29, 1.82) is 0 Å². The Morgan fingerprint density at radius 2 is 1.66 bits per heavy atom. The van der Waals surface area contributed by atoms with E-state index in [0.29, 0.717) is 23.4 Å². The molecule has 6 heteroatoms. The summed E-state index contributed by atoms with van der Waals surface area (Å²) in [6.07, 6.45) is 0.622. The lowest BCUT2D eigenvalue weighted by Crippen LogP contribution is -2.31. The fraction of sp³-hybridized carbons (Fsp3) is 0.154. The minimum atomic E-state index is -0.831. The molecule has 1 amide bonds. The predicted octanol–water partition coefficient (Wildman–Crippen LogP) is 4.94. The van der Waals surface area contributed by atoms with E-state index >= 15 is 0 Å². The Morgan fingerprint density at radius 3 is 2.28 bits per heavy atom. The van der Waals surface area contributed by atoms with Gasteiger partial charge in [-0.25, -0.2) is 4.39 Å². The van der Waals surface area contributed by atoms with Crippen LogP contribution >= 0.6 is 0 Å². The van der Waals surface area contributed by atoms with E-state index in [2.05, 4.69) is 0 Å². The SMILES string of the molecule is COc1ccc(C2C(C(=O)CCc3ccccc3)=C(O)C(=O)N2c2ccc(F)cc2)cc1. The Morgan fingerprint density at radius 1 is 1.00 bits per heavy atom. The minimum absolute atomic E-state index is 0.0421. The zero-order chi connectivity index (χ0) is 22.7. The van der Waals surface area contributed by atoms with Crippen LogP contribution < -0.4 is 9.64 Å². The Hall–Kier alpha value is -3.93. The molecule has 0 saturated heterocycles. The van der Waals surface area contributed by atoms with Crippen LogP contribution in [-0.2, 0) is 16.0 Å². The third-order valence-corrected chi connectivity index (χ3v) is 5.53. The number of rotatable bonds is 7. The standard InChI is InChI=1S/C26H22FNO4/c1-32-21-14-8-18(9-15-21)24-23(22(29)16-7-17-5-3-2-4-6-17)25(30)26(31)28(24)20-12-10-19(27)11-13-20/h2-6,8-15,24,30H,7,16H2,1H3. The molecule has 1 N–H and O–H groups in total. The normalized spacial score (nSPS) is 15.9. The summed E-state index contributed by atoms with van der Waals surface area (Å²) in [5.74, 6) is -1.41. The summed E-state index contributed by atoms with van der Waals surface area (Å²) in [6, 6.07) is 21.0. The number of ketones is 1. The van der Waals surface area contributed by atoms with Gasteiger partial charge in [-0.2, -0.15) is 0 Å². The maximum atomic E-state index is 13.5. The van der Waals surface area contributed by atoms with Gasteiger partial charge in [-0.3, -0.25) is 14.5 Å². The largest absolute Gasteiger partial charge is 0.503 e. The molecular formula is C26H22FNO4. The van der Waals surface area contributed by atoms with Gasteiger partial charge in [0.25, 0.3) is 5.91 Å². The van der Waals surface area contributed by atoms with E-state index in [-0.39, 0.29) is 17.8 Å². The van der Waals surface area contributed by atoms with Crippen LogP contribution in [0.25, 0.3) is 0 Å². The Bertz CT molecular complexity index is 1150. The molecule has 0 fully saturated rings. The molecule has 1 aliphatic heterocycles. The van der Waals surface area contributed by atoms with E-state index in [4.69, 9.17) is 4.74 Å². The monoisotopic (exact) mass is 431 g/mol. The highest BCUT2D eigenvalue weighted by molar-refractivity contribution is 6.16. The Balaban J connectivity index is 1.72. The minimum Gasteiger partial charge on any atom is -0.503 e. The number of hydrogen-bond donors (Lipinski definition) is 1. The van der Waals surface area contributed by atoms with Gasteiger partial charge >= 0.3 is 0 Å². The molecule has 3 aromatic rings. The van der Waals surface area contributed by atoms with Crippen molar-refractivity contribution in [2.45, 2.75) is 18.9 Å². The molecule has 0 spiro atoms. The predicted molar refractivity (Wildman–Crippen MR) is 119 cm³/mol. The smallest absolute Gasteiger partial charge is 0.294 e. The lowest BCUT2D eigenvalue weighted by molar-refractivity contribution is -0.118. The van der Waals surface area contributed by atoms with Crippen LogP contribution in [0.5, 0.6) is 5.75 Å². The van der Waals surface area contributed by atoms with Crippen molar-refractivity contribution in [1.82, 2.24) is 0 Å². The van der Waals surface area contributed by atoms with Gasteiger partial charge in [0.1, 0.15) is 11.6 Å². The molecule has 1 heterocycles. The number of Topliss-reactive ketones (excluding diaryl/α,β-unsaturated/α-hetero) is 1. The van der Waals surface area contributed by atoms with Crippen LogP contribution in [0, 0.1) is 5.82 Å². The number of ether oxygens (including phenoxy) is 1. The van der Waals surface area contributed by atoms with Crippen LogP contribution in [0.2, 0.25) is 0 Å². The zero-order valence-corrected chi connectivity index (χ0v) is 17.5. The van der Waals surface area contributed by atoms with Crippen molar-refractivity contribution < 1.29 is 23.8 Å². The third kappa shape index (κ3) is 4.12. The molecule has 0 aromatic heterocycles. The number of aryl methyl sites for hydroxylation is 1. The average Bonchev–Trinajstić information content (AvgIpc) is 3.09. The van der Waals surface area contributed by atoms with Crippen molar-refractivity contribution in [3.63, 3.8) is 0 Å². The molecular weight excluding hydrogens is 409 g/mol. The van der Waals surface area contributed by atoms with Crippen LogP contribution in [0.1, 0.15) is 23.6 Å². The molecule has 5 nitrogen and oxygen atoms in total. The molecule has 1 aliphatic rings. The topological polar surface area (TPSA) is 66.8 Å². The van der Waals surface area contributed by atoms with Gasteiger partial charge in [-0.15, -0.1) is 0 Å². The maximum Gasteiger partial charge on any atom is 0.294 e. The number of nitrogens with zero attached hydrogens (tertiary/aromatic N) is 1. The van der Waals surface area contributed by atoms with Gasteiger partial charge < -0.3 is 9.84 Å². The number of halogens is 1. The van der Waals surface area contributed by atoms with E-state index in [1.54, 1.807) is 31.4 Å². The highest BCUT2D eigenvalue weighted by atomic mass is 19.1. The summed E-state index contributed by atoms with van der Waals surface area (Å²) in [7, 11) is 1.54. The van der Waals surface area contributed by atoms with Crippen molar-refractivity contribution >= 4 is 17.4 Å². The number of amides is 1. The Kier molecular flexibility index (Phi) is 6.03. The van der Waals surface area contributed by atoms with Crippen molar-refractivity contribution in [2.75, 3.05) is 12.0 Å². The summed E-state index contributed by atoms with van der Waals surface area (Å²) in [4.78, 5) is 27.6. The molecule has 4 rings (SSSR count). The van der Waals surface area contributed by atoms with Gasteiger partial charge in [-0.1, -0.05) is 42.5 Å². The maximum absolute atomic E-state index is 13.5. The quantitative estimate of drug-likeness (QED) is 0.576. The van der Waals surface area contributed by atoms with E-state index in [0.717, 1.165) is 5.56 Å². The summed E-state index contributed by atoms with van der Waals surface area (Å²) in [5, 5.41) is 10.7. The van der Waals surface area contributed by atoms with Crippen LogP contribution in [-0.4, -0.2) is 23.9 Å². The second-order valence-electron chi connectivity index (χ2n) is 7.50. The number of aliphatic hydroxyl groups is 1. The average molecular weight is 431 g/mol. The van der Waals surface area contributed by atoms with Crippen molar-refractivity contribution in [3.8, 4) is 5.75 Å². The second kappa shape index (κ2) is 9.06. The number of hydrogen-bond acceptors (Lipinski definition) is 4.